The Bertz CT molecular complexity index is 438. The Morgan fingerprint density at radius 1 is 1.26 bits per heavy atom. The first-order valence-electron chi connectivity index (χ1n) is 5.81. The van der Waals surface area contributed by atoms with E-state index in [1.165, 1.54) is 24.3 Å². The third kappa shape index (κ3) is 4.90. The van der Waals surface area contributed by atoms with E-state index in [2.05, 4.69) is 4.74 Å². The molecule has 0 fully saturated rings. The minimum Gasteiger partial charge on any atom is -0.406 e. The largest absolute Gasteiger partial charge is 0.573 e. The number of benzene rings is 1. The van der Waals surface area contributed by atoms with Crippen LogP contribution in [0.15, 0.2) is 24.3 Å². The van der Waals surface area contributed by atoms with E-state index in [0.717, 1.165) is 0 Å². The molecule has 0 aliphatic heterocycles. The van der Waals surface area contributed by atoms with Crippen molar-refractivity contribution in [1.82, 2.24) is 0 Å². The molecule has 6 heteroatoms. The van der Waals surface area contributed by atoms with Crippen molar-refractivity contribution >= 4 is 5.78 Å². The minimum atomic E-state index is -4.71. The highest BCUT2D eigenvalue weighted by Crippen LogP contribution is 2.23. The van der Waals surface area contributed by atoms with Gasteiger partial charge >= 0.3 is 6.36 Å². The smallest absolute Gasteiger partial charge is 0.406 e. The van der Waals surface area contributed by atoms with Gasteiger partial charge < -0.3 is 10.5 Å². The van der Waals surface area contributed by atoms with Gasteiger partial charge in [0.25, 0.3) is 0 Å². The summed E-state index contributed by atoms with van der Waals surface area (Å²) in [5, 5.41) is 0. The Labute approximate surface area is 109 Å². The Morgan fingerprint density at radius 2 is 1.79 bits per heavy atom. The lowest BCUT2D eigenvalue weighted by Gasteiger charge is -2.20. The maximum Gasteiger partial charge on any atom is 0.573 e. The molecule has 0 saturated heterocycles. The molecule has 0 aliphatic rings. The summed E-state index contributed by atoms with van der Waals surface area (Å²) in [4.78, 5) is 11.8. The van der Waals surface area contributed by atoms with E-state index in [1.54, 1.807) is 13.8 Å². The molecule has 1 unspecified atom stereocenters. The number of hydrogen-bond donors (Lipinski definition) is 1. The maximum atomic E-state index is 12.0. The van der Waals surface area contributed by atoms with E-state index in [9.17, 15) is 18.0 Å². The zero-order valence-corrected chi connectivity index (χ0v) is 10.8. The molecule has 0 spiro atoms. The third-order valence-corrected chi connectivity index (χ3v) is 2.89. The Kier molecular flexibility index (Phi) is 4.57. The van der Waals surface area contributed by atoms with E-state index in [4.69, 9.17) is 5.73 Å². The number of alkyl halides is 3. The highest BCUT2D eigenvalue weighted by Gasteiger charge is 2.31. The maximum absolute atomic E-state index is 12.0. The lowest BCUT2D eigenvalue weighted by molar-refractivity contribution is -0.274. The second-order valence-corrected chi connectivity index (χ2v) is 4.56. The second kappa shape index (κ2) is 5.61. The minimum absolute atomic E-state index is 0.0904. The molecule has 0 aromatic heterocycles. The number of ether oxygens (including phenoxy) is 1. The Hall–Kier alpha value is -1.56. The molecule has 1 aromatic carbocycles. The first-order valence-corrected chi connectivity index (χ1v) is 5.81. The molecule has 1 rings (SSSR count). The molecule has 0 amide bonds. The van der Waals surface area contributed by atoms with Crippen LogP contribution in [0.1, 0.15) is 25.8 Å². The van der Waals surface area contributed by atoms with Gasteiger partial charge in [-0.15, -0.1) is 13.2 Å². The average molecular weight is 275 g/mol. The van der Waals surface area contributed by atoms with Crippen molar-refractivity contribution in [2.24, 2.45) is 5.73 Å². The molecule has 2 N–H and O–H groups in total. The van der Waals surface area contributed by atoms with Crippen LogP contribution in [-0.2, 0) is 11.2 Å². The van der Waals surface area contributed by atoms with Crippen molar-refractivity contribution in [2.75, 3.05) is 0 Å². The fraction of sp³-hybridized carbons (Fsp3) is 0.462. The predicted molar refractivity (Wildman–Crippen MR) is 64.7 cm³/mol. The molecule has 1 atom stereocenters. The van der Waals surface area contributed by atoms with Crippen molar-refractivity contribution in [3.8, 4) is 5.75 Å². The first-order chi connectivity index (χ1) is 8.64. The molecular weight excluding hydrogens is 259 g/mol. The lowest BCUT2D eigenvalue weighted by Crippen LogP contribution is -2.45. The van der Waals surface area contributed by atoms with Crippen LogP contribution in [-0.4, -0.2) is 17.7 Å². The van der Waals surface area contributed by atoms with E-state index >= 15 is 0 Å². The van der Waals surface area contributed by atoms with Gasteiger partial charge in [-0.05, 0) is 31.0 Å². The van der Waals surface area contributed by atoms with Crippen LogP contribution >= 0.6 is 0 Å². The van der Waals surface area contributed by atoms with E-state index in [-0.39, 0.29) is 18.0 Å². The monoisotopic (exact) mass is 275 g/mol. The summed E-state index contributed by atoms with van der Waals surface area (Å²) in [7, 11) is 0. The topological polar surface area (TPSA) is 52.3 Å². The standard InChI is InChI=1S/C13H16F3NO2/c1-3-12(2,17)11(18)8-9-4-6-10(7-5-9)19-13(14,15)16/h4-7H,3,8,17H2,1-2H3. The summed E-state index contributed by atoms with van der Waals surface area (Å²) in [6.45, 7) is 3.44. The van der Waals surface area contributed by atoms with Crippen LogP contribution in [0.5, 0.6) is 5.75 Å². The van der Waals surface area contributed by atoms with Gasteiger partial charge in [-0.1, -0.05) is 19.1 Å². The summed E-state index contributed by atoms with van der Waals surface area (Å²) in [6, 6.07) is 5.20. The fourth-order valence-corrected chi connectivity index (χ4v) is 1.39. The van der Waals surface area contributed by atoms with Gasteiger partial charge in [0.15, 0.2) is 5.78 Å². The predicted octanol–water partition coefficient (Wildman–Crippen LogP) is 2.82. The van der Waals surface area contributed by atoms with Crippen LogP contribution in [0, 0.1) is 0 Å². The van der Waals surface area contributed by atoms with Gasteiger partial charge in [-0.2, -0.15) is 0 Å². The molecule has 3 nitrogen and oxygen atoms in total. The number of rotatable bonds is 5. The van der Waals surface area contributed by atoms with Crippen molar-refractivity contribution < 1.29 is 22.7 Å². The number of hydrogen-bond acceptors (Lipinski definition) is 3. The van der Waals surface area contributed by atoms with E-state index < -0.39 is 11.9 Å². The van der Waals surface area contributed by atoms with Crippen LogP contribution in [0.2, 0.25) is 0 Å². The number of ketones is 1. The van der Waals surface area contributed by atoms with Crippen molar-refractivity contribution in [3.63, 3.8) is 0 Å². The van der Waals surface area contributed by atoms with Gasteiger partial charge in [-0.3, -0.25) is 4.79 Å². The molecule has 0 heterocycles. The van der Waals surface area contributed by atoms with E-state index in [1.807, 2.05) is 0 Å². The molecule has 1 aromatic rings. The summed E-state index contributed by atoms with van der Waals surface area (Å²) in [6.07, 6.45) is -4.12. The van der Waals surface area contributed by atoms with Crippen LogP contribution in [0.3, 0.4) is 0 Å². The summed E-state index contributed by atoms with van der Waals surface area (Å²) in [5.41, 5.74) is 5.48. The average Bonchev–Trinajstić information content (AvgIpc) is 2.29. The normalized spacial score (nSPS) is 14.8. The summed E-state index contributed by atoms with van der Waals surface area (Å²) >= 11 is 0. The molecule has 0 aliphatic carbocycles. The van der Waals surface area contributed by atoms with Crippen LogP contribution in [0.4, 0.5) is 13.2 Å². The van der Waals surface area contributed by atoms with Crippen LogP contribution < -0.4 is 10.5 Å². The number of halogens is 3. The molecule has 0 saturated carbocycles. The van der Waals surface area contributed by atoms with Crippen LogP contribution in [0.25, 0.3) is 0 Å². The Morgan fingerprint density at radius 3 is 2.21 bits per heavy atom. The number of Topliss-reactive ketones (excluding diaryl/α,β-unsaturated/α-hetero) is 1. The summed E-state index contributed by atoms with van der Waals surface area (Å²) in [5.74, 6) is -0.464. The number of carbonyl (C=O) groups is 1. The molecule has 0 radical (unpaired) electrons. The Balaban J connectivity index is 2.70. The highest BCUT2D eigenvalue weighted by atomic mass is 19.4. The molecule has 0 bridgehead atoms. The highest BCUT2D eigenvalue weighted by molar-refractivity contribution is 5.89. The molecule has 19 heavy (non-hydrogen) atoms. The number of carbonyl (C=O) groups excluding carboxylic acids is 1. The lowest BCUT2D eigenvalue weighted by atomic mass is 9.90. The quantitative estimate of drug-likeness (QED) is 0.899. The van der Waals surface area contributed by atoms with Gasteiger partial charge in [-0.25, -0.2) is 0 Å². The van der Waals surface area contributed by atoms with Gasteiger partial charge in [0, 0.05) is 6.42 Å². The molecular formula is C13H16F3NO2. The van der Waals surface area contributed by atoms with Gasteiger partial charge in [0.2, 0.25) is 0 Å². The zero-order chi connectivity index (χ0) is 14.7. The zero-order valence-electron chi connectivity index (χ0n) is 10.8. The molecule has 106 valence electrons. The third-order valence-electron chi connectivity index (χ3n) is 2.89. The SMILES string of the molecule is CCC(C)(N)C(=O)Cc1ccc(OC(F)(F)F)cc1. The number of nitrogens with two attached hydrogens (primary N) is 1. The van der Waals surface area contributed by atoms with Gasteiger partial charge in [0.05, 0.1) is 5.54 Å². The second-order valence-electron chi connectivity index (χ2n) is 4.56. The van der Waals surface area contributed by atoms with E-state index in [0.29, 0.717) is 12.0 Å². The fourth-order valence-electron chi connectivity index (χ4n) is 1.39. The van der Waals surface area contributed by atoms with Crippen molar-refractivity contribution in [1.29, 1.82) is 0 Å². The first kappa shape index (κ1) is 15.5. The van der Waals surface area contributed by atoms with Crippen molar-refractivity contribution in [2.45, 2.75) is 38.6 Å². The summed E-state index contributed by atoms with van der Waals surface area (Å²) < 4.78 is 39.6. The van der Waals surface area contributed by atoms with Crippen molar-refractivity contribution in [3.05, 3.63) is 29.8 Å². The van der Waals surface area contributed by atoms with Gasteiger partial charge in [0.1, 0.15) is 5.75 Å².